The molecule has 1 aromatic heterocycles. The highest BCUT2D eigenvalue weighted by atomic mass is 16.2. The van der Waals surface area contributed by atoms with Gasteiger partial charge in [-0.05, 0) is 57.5 Å². The van der Waals surface area contributed by atoms with Gasteiger partial charge in [-0.1, -0.05) is 11.8 Å². The van der Waals surface area contributed by atoms with Crippen LogP contribution in [0.4, 0.5) is 17.5 Å². The zero-order chi connectivity index (χ0) is 23.6. The van der Waals surface area contributed by atoms with Gasteiger partial charge in [0.05, 0.1) is 17.8 Å². The summed E-state index contributed by atoms with van der Waals surface area (Å²) in [4.78, 5) is 34.4. The number of nitrogens with two attached hydrogens (primary N) is 1. The van der Waals surface area contributed by atoms with E-state index in [9.17, 15) is 9.59 Å². The Morgan fingerprint density at radius 2 is 1.94 bits per heavy atom. The summed E-state index contributed by atoms with van der Waals surface area (Å²) < 4.78 is 0. The van der Waals surface area contributed by atoms with Gasteiger partial charge in [-0.2, -0.15) is 4.98 Å². The molecule has 0 radical (unpaired) electrons. The van der Waals surface area contributed by atoms with Gasteiger partial charge in [0, 0.05) is 37.3 Å². The Labute approximate surface area is 194 Å². The molecule has 0 spiro atoms. The molecular weight excluding hydrogens is 418 g/mol. The van der Waals surface area contributed by atoms with Crippen LogP contribution in [0.3, 0.4) is 0 Å². The minimum absolute atomic E-state index is 0.0115. The quantitative estimate of drug-likeness (QED) is 0.340. The molecule has 0 aliphatic carbocycles. The van der Waals surface area contributed by atoms with Crippen LogP contribution in [0, 0.1) is 11.8 Å². The van der Waals surface area contributed by atoms with Crippen molar-refractivity contribution in [1.29, 1.82) is 0 Å². The molecule has 0 saturated carbocycles. The standard InChI is InChI=1S/C24H31N7O2/c1-17(26-2)23(33)27-13-5-3-4-8-19-16-28-24(30-22(19)31-14-6-7-15-31)29-20-11-9-18(10-12-20)21(25)32/h9-12,16-17,26H,3,5-7,13-15H2,1-2H3,(H2,25,32)(H,27,33)(H,28,29,30)/t17-/m0/s1. The Balaban J connectivity index is 1.65. The molecule has 1 saturated heterocycles. The van der Waals surface area contributed by atoms with Crippen LogP contribution in [0.5, 0.6) is 0 Å². The Kier molecular flexibility index (Phi) is 8.61. The number of carbonyl (C=O) groups excluding carboxylic acids is 2. The van der Waals surface area contributed by atoms with Crippen LogP contribution < -0.4 is 26.6 Å². The molecule has 0 unspecified atom stereocenters. The van der Waals surface area contributed by atoms with Gasteiger partial charge < -0.3 is 26.6 Å². The van der Waals surface area contributed by atoms with E-state index in [1.807, 2.05) is 6.92 Å². The zero-order valence-electron chi connectivity index (χ0n) is 19.1. The summed E-state index contributed by atoms with van der Waals surface area (Å²) in [5, 5.41) is 8.98. The van der Waals surface area contributed by atoms with Crippen molar-refractivity contribution in [2.75, 3.05) is 36.9 Å². The number of anilines is 3. The molecule has 2 amide bonds. The summed E-state index contributed by atoms with van der Waals surface area (Å²) in [6, 6.07) is 6.65. The van der Waals surface area contributed by atoms with Crippen LogP contribution in [-0.4, -0.2) is 54.5 Å². The van der Waals surface area contributed by atoms with Gasteiger partial charge >= 0.3 is 0 Å². The van der Waals surface area contributed by atoms with Gasteiger partial charge in [-0.3, -0.25) is 9.59 Å². The van der Waals surface area contributed by atoms with Crippen molar-refractivity contribution < 1.29 is 9.59 Å². The van der Waals surface area contributed by atoms with E-state index in [-0.39, 0.29) is 11.9 Å². The monoisotopic (exact) mass is 449 g/mol. The van der Waals surface area contributed by atoms with E-state index in [0.717, 1.165) is 49.4 Å². The molecule has 0 bridgehead atoms. The summed E-state index contributed by atoms with van der Waals surface area (Å²) in [6.07, 6.45) is 5.43. The van der Waals surface area contributed by atoms with Crippen molar-refractivity contribution >= 4 is 29.3 Å². The summed E-state index contributed by atoms with van der Waals surface area (Å²) >= 11 is 0. The Hall–Kier alpha value is -3.64. The SMILES string of the molecule is CN[C@@H](C)C(=O)NCCCC#Cc1cnc(Nc2ccc(C(N)=O)cc2)nc1N1CCCC1. The van der Waals surface area contributed by atoms with Crippen molar-refractivity contribution in [2.24, 2.45) is 5.73 Å². The van der Waals surface area contributed by atoms with Crippen molar-refractivity contribution in [2.45, 2.75) is 38.6 Å². The minimum Gasteiger partial charge on any atom is -0.366 e. The summed E-state index contributed by atoms with van der Waals surface area (Å²) in [5.41, 5.74) is 7.30. The van der Waals surface area contributed by atoms with Gasteiger partial charge in [-0.25, -0.2) is 4.98 Å². The molecule has 9 heteroatoms. The largest absolute Gasteiger partial charge is 0.366 e. The highest BCUT2D eigenvalue weighted by Gasteiger charge is 2.18. The van der Waals surface area contributed by atoms with Gasteiger partial charge in [0.2, 0.25) is 17.8 Å². The number of aromatic nitrogens is 2. The topological polar surface area (TPSA) is 125 Å². The molecule has 2 heterocycles. The van der Waals surface area contributed by atoms with Crippen LogP contribution in [0.1, 0.15) is 48.5 Å². The highest BCUT2D eigenvalue weighted by molar-refractivity contribution is 5.93. The predicted molar refractivity (Wildman–Crippen MR) is 129 cm³/mol. The first-order valence-corrected chi connectivity index (χ1v) is 11.2. The molecule has 1 aliphatic heterocycles. The lowest BCUT2D eigenvalue weighted by Gasteiger charge is -2.18. The zero-order valence-corrected chi connectivity index (χ0v) is 19.1. The number of primary amides is 1. The van der Waals surface area contributed by atoms with Crippen LogP contribution in [0.2, 0.25) is 0 Å². The maximum Gasteiger partial charge on any atom is 0.248 e. The second kappa shape index (κ2) is 11.8. The number of benzene rings is 1. The van der Waals surface area contributed by atoms with E-state index in [1.54, 1.807) is 37.5 Å². The van der Waals surface area contributed by atoms with Gasteiger partial charge in [-0.15, -0.1) is 0 Å². The van der Waals surface area contributed by atoms with E-state index in [4.69, 9.17) is 10.7 Å². The number of carbonyl (C=O) groups is 2. The van der Waals surface area contributed by atoms with Gasteiger partial charge in [0.15, 0.2) is 0 Å². The molecule has 5 N–H and O–H groups in total. The predicted octanol–water partition coefficient (Wildman–Crippen LogP) is 1.78. The number of nitrogens with one attached hydrogen (secondary N) is 3. The van der Waals surface area contributed by atoms with Crippen molar-refractivity contribution in [3.05, 3.63) is 41.6 Å². The Bertz CT molecular complexity index is 1020. The number of amides is 2. The number of unbranched alkanes of at least 4 members (excludes halogenated alkanes) is 1. The fraction of sp³-hybridized carbons (Fsp3) is 0.417. The summed E-state index contributed by atoms with van der Waals surface area (Å²) in [7, 11) is 1.76. The minimum atomic E-state index is -0.466. The van der Waals surface area contributed by atoms with E-state index in [0.29, 0.717) is 24.5 Å². The van der Waals surface area contributed by atoms with E-state index in [1.165, 1.54) is 0 Å². The summed E-state index contributed by atoms with van der Waals surface area (Å²) in [6.45, 7) is 4.29. The van der Waals surface area contributed by atoms with Crippen molar-refractivity contribution in [1.82, 2.24) is 20.6 Å². The molecule has 1 aromatic carbocycles. The Morgan fingerprint density at radius 1 is 1.21 bits per heavy atom. The van der Waals surface area contributed by atoms with E-state index >= 15 is 0 Å². The molecule has 1 fully saturated rings. The maximum absolute atomic E-state index is 11.8. The molecule has 2 aromatic rings. The van der Waals surface area contributed by atoms with E-state index < -0.39 is 5.91 Å². The van der Waals surface area contributed by atoms with Gasteiger partial charge in [0.25, 0.3) is 0 Å². The normalized spacial score (nSPS) is 13.7. The lowest BCUT2D eigenvalue weighted by molar-refractivity contribution is -0.122. The molecule has 174 valence electrons. The lowest BCUT2D eigenvalue weighted by atomic mass is 10.2. The fourth-order valence-corrected chi connectivity index (χ4v) is 3.37. The fourth-order valence-electron chi connectivity index (χ4n) is 3.37. The summed E-state index contributed by atoms with van der Waals surface area (Å²) in [5.74, 6) is 7.20. The first-order valence-electron chi connectivity index (χ1n) is 11.2. The van der Waals surface area contributed by atoms with Crippen LogP contribution in [0.15, 0.2) is 30.5 Å². The first-order chi connectivity index (χ1) is 16.0. The third kappa shape index (κ3) is 6.92. The molecule has 1 atom stereocenters. The third-order valence-corrected chi connectivity index (χ3v) is 5.43. The first kappa shape index (κ1) is 24.0. The number of rotatable bonds is 9. The molecule has 3 rings (SSSR count). The average Bonchev–Trinajstić information content (AvgIpc) is 3.36. The number of likely N-dealkylation sites (N-methyl/N-ethyl adjacent to an activating group) is 1. The van der Waals surface area contributed by atoms with E-state index in [2.05, 4.69) is 37.7 Å². The van der Waals surface area contributed by atoms with Crippen molar-refractivity contribution in [3.63, 3.8) is 0 Å². The van der Waals surface area contributed by atoms with Crippen LogP contribution >= 0.6 is 0 Å². The maximum atomic E-state index is 11.8. The van der Waals surface area contributed by atoms with Crippen LogP contribution in [0.25, 0.3) is 0 Å². The lowest BCUT2D eigenvalue weighted by Crippen LogP contribution is -2.40. The highest BCUT2D eigenvalue weighted by Crippen LogP contribution is 2.24. The second-order valence-corrected chi connectivity index (χ2v) is 7.90. The van der Waals surface area contributed by atoms with Crippen molar-refractivity contribution in [3.8, 4) is 11.8 Å². The third-order valence-electron chi connectivity index (χ3n) is 5.43. The number of hydrogen-bond acceptors (Lipinski definition) is 7. The number of hydrogen-bond donors (Lipinski definition) is 4. The molecule has 33 heavy (non-hydrogen) atoms. The molecule has 1 aliphatic rings. The molecular formula is C24H31N7O2. The molecule has 9 nitrogen and oxygen atoms in total. The number of nitrogens with zero attached hydrogens (tertiary/aromatic N) is 3. The van der Waals surface area contributed by atoms with Gasteiger partial charge in [0.1, 0.15) is 5.82 Å². The van der Waals surface area contributed by atoms with Crippen LogP contribution in [-0.2, 0) is 4.79 Å². The Morgan fingerprint density at radius 3 is 2.61 bits per heavy atom. The smallest absolute Gasteiger partial charge is 0.248 e. The average molecular weight is 450 g/mol. The second-order valence-electron chi connectivity index (χ2n) is 7.90.